The average molecular weight is 466 g/mol. The Morgan fingerprint density at radius 3 is 2.44 bits per heavy atom. The maximum atomic E-state index is 12.7. The molecule has 2 amide bonds. The van der Waals surface area contributed by atoms with Crippen LogP contribution in [0.4, 0.5) is 4.79 Å². The summed E-state index contributed by atoms with van der Waals surface area (Å²) in [7, 11) is 0. The van der Waals surface area contributed by atoms with Crippen LogP contribution in [0.1, 0.15) is 11.1 Å². The molecule has 3 aromatic carbocycles. The molecule has 7 heteroatoms. The Morgan fingerprint density at radius 1 is 0.875 bits per heavy atom. The van der Waals surface area contributed by atoms with Crippen LogP contribution in [-0.4, -0.2) is 29.2 Å². The van der Waals surface area contributed by atoms with Crippen LogP contribution in [0.2, 0.25) is 5.02 Å². The Morgan fingerprint density at radius 2 is 1.66 bits per heavy atom. The summed E-state index contributed by atoms with van der Waals surface area (Å²) in [6, 6.07) is 24.2. The molecule has 0 aliphatic carbocycles. The topological polar surface area (TPSA) is 55.8 Å². The van der Waals surface area contributed by atoms with Gasteiger partial charge in [-0.3, -0.25) is 14.5 Å². The number of imide groups is 1. The van der Waals surface area contributed by atoms with Gasteiger partial charge in [0.25, 0.3) is 11.1 Å². The fraction of sp³-hybridized carbons (Fsp3) is 0.120. The van der Waals surface area contributed by atoms with Gasteiger partial charge < -0.3 is 9.47 Å². The zero-order chi connectivity index (χ0) is 22.3. The third-order valence-corrected chi connectivity index (χ3v) is 5.83. The van der Waals surface area contributed by atoms with Crippen LogP contribution in [0.15, 0.2) is 83.8 Å². The van der Waals surface area contributed by atoms with Gasteiger partial charge in [0.1, 0.15) is 24.7 Å². The van der Waals surface area contributed by atoms with Crippen molar-refractivity contribution < 1.29 is 19.1 Å². The lowest BCUT2D eigenvalue weighted by atomic mass is 10.2. The molecule has 0 radical (unpaired) electrons. The SMILES string of the molecule is O=C1S/C(=C\c2cccc(OCc3ccccc3)c2)C(=O)N1CCOc1ccc(Cl)cc1. The summed E-state index contributed by atoms with van der Waals surface area (Å²) in [6.07, 6.45) is 1.71. The number of nitrogens with zero attached hydrogens (tertiary/aromatic N) is 1. The second-order valence-electron chi connectivity index (χ2n) is 6.98. The molecule has 0 spiro atoms. The molecule has 4 rings (SSSR count). The van der Waals surface area contributed by atoms with Gasteiger partial charge in [0.05, 0.1) is 11.4 Å². The fourth-order valence-electron chi connectivity index (χ4n) is 3.06. The number of carbonyl (C=O) groups excluding carboxylic acids is 2. The second-order valence-corrected chi connectivity index (χ2v) is 8.41. The van der Waals surface area contributed by atoms with Crippen molar-refractivity contribution in [2.45, 2.75) is 6.61 Å². The summed E-state index contributed by atoms with van der Waals surface area (Å²) in [5.41, 5.74) is 1.86. The Hall–Kier alpha value is -3.22. The molecule has 0 saturated carbocycles. The Balaban J connectivity index is 1.36. The Labute approximate surface area is 195 Å². The molecule has 1 aliphatic rings. The number of rotatable bonds is 8. The van der Waals surface area contributed by atoms with Crippen molar-refractivity contribution in [2.75, 3.05) is 13.2 Å². The molecular weight excluding hydrogens is 446 g/mol. The molecule has 0 unspecified atom stereocenters. The lowest BCUT2D eigenvalue weighted by Crippen LogP contribution is -2.32. The summed E-state index contributed by atoms with van der Waals surface area (Å²) in [6.45, 7) is 0.828. The Bertz CT molecular complexity index is 1130. The molecule has 1 fully saturated rings. The zero-order valence-electron chi connectivity index (χ0n) is 17.1. The standard InChI is InChI=1S/C25H20ClNO4S/c26-20-9-11-21(12-10-20)30-14-13-27-24(28)23(32-25(27)29)16-19-7-4-8-22(15-19)31-17-18-5-2-1-3-6-18/h1-12,15-16H,13-14,17H2/b23-16-. The van der Waals surface area contributed by atoms with E-state index in [0.29, 0.717) is 28.0 Å². The lowest BCUT2D eigenvalue weighted by Gasteiger charge is -2.13. The molecule has 3 aromatic rings. The molecular formula is C25H20ClNO4S. The molecule has 32 heavy (non-hydrogen) atoms. The van der Waals surface area contributed by atoms with E-state index in [-0.39, 0.29) is 24.3 Å². The number of hydrogen-bond donors (Lipinski definition) is 0. The predicted molar refractivity (Wildman–Crippen MR) is 127 cm³/mol. The highest BCUT2D eigenvalue weighted by Gasteiger charge is 2.34. The van der Waals surface area contributed by atoms with Crippen molar-refractivity contribution >= 4 is 40.6 Å². The maximum absolute atomic E-state index is 12.7. The molecule has 1 aliphatic heterocycles. The van der Waals surface area contributed by atoms with E-state index in [2.05, 4.69) is 0 Å². The number of carbonyl (C=O) groups is 2. The third kappa shape index (κ3) is 5.72. The number of halogens is 1. The van der Waals surface area contributed by atoms with E-state index in [0.717, 1.165) is 22.9 Å². The van der Waals surface area contributed by atoms with Crippen molar-refractivity contribution in [3.8, 4) is 11.5 Å². The van der Waals surface area contributed by atoms with Crippen molar-refractivity contribution in [2.24, 2.45) is 0 Å². The van der Waals surface area contributed by atoms with Crippen LogP contribution in [0.3, 0.4) is 0 Å². The van der Waals surface area contributed by atoms with Crippen molar-refractivity contribution in [1.29, 1.82) is 0 Å². The molecule has 0 N–H and O–H groups in total. The summed E-state index contributed by atoms with van der Waals surface area (Å²) < 4.78 is 11.4. The van der Waals surface area contributed by atoms with Crippen LogP contribution in [0, 0.1) is 0 Å². The summed E-state index contributed by atoms with van der Waals surface area (Å²) in [4.78, 5) is 26.6. The molecule has 0 aromatic heterocycles. The van der Waals surface area contributed by atoms with Gasteiger partial charge in [0.15, 0.2) is 0 Å². The first-order valence-corrected chi connectivity index (χ1v) is 11.2. The van der Waals surface area contributed by atoms with Crippen LogP contribution in [-0.2, 0) is 11.4 Å². The highest BCUT2D eigenvalue weighted by atomic mass is 35.5. The normalized spacial score (nSPS) is 14.8. The second kappa shape index (κ2) is 10.4. The van der Waals surface area contributed by atoms with Gasteiger partial charge in [-0.1, -0.05) is 54.1 Å². The van der Waals surface area contributed by atoms with Gasteiger partial charge in [-0.2, -0.15) is 0 Å². The first-order valence-electron chi connectivity index (χ1n) is 9.99. The maximum Gasteiger partial charge on any atom is 0.293 e. The smallest absolute Gasteiger partial charge is 0.293 e. The fourth-order valence-corrected chi connectivity index (χ4v) is 4.06. The predicted octanol–water partition coefficient (Wildman–Crippen LogP) is 6.03. The quantitative estimate of drug-likeness (QED) is 0.380. The summed E-state index contributed by atoms with van der Waals surface area (Å²) in [5, 5.41) is 0.306. The number of amides is 2. The van der Waals surface area contributed by atoms with Crippen LogP contribution in [0.5, 0.6) is 11.5 Å². The zero-order valence-corrected chi connectivity index (χ0v) is 18.6. The first-order chi connectivity index (χ1) is 15.6. The minimum Gasteiger partial charge on any atom is -0.492 e. The monoisotopic (exact) mass is 465 g/mol. The summed E-state index contributed by atoms with van der Waals surface area (Å²) >= 11 is 6.78. The van der Waals surface area contributed by atoms with Crippen molar-refractivity contribution in [3.05, 3.63) is 99.9 Å². The van der Waals surface area contributed by atoms with E-state index in [9.17, 15) is 9.59 Å². The molecule has 0 bridgehead atoms. The van der Waals surface area contributed by atoms with Crippen LogP contribution >= 0.6 is 23.4 Å². The largest absolute Gasteiger partial charge is 0.492 e. The van der Waals surface area contributed by atoms with E-state index < -0.39 is 0 Å². The van der Waals surface area contributed by atoms with Crippen LogP contribution < -0.4 is 9.47 Å². The van der Waals surface area contributed by atoms with Crippen LogP contribution in [0.25, 0.3) is 6.08 Å². The van der Waals surface area contributed by atoms with E-state index in [1.54, 1.807) is 30.3 Å². The number of hydrogen-bond acceptors (Lipinski definition) is 5. The average Bonchev–Trinajstić information content (AvgIpc) is 3.07. The van der Waals surface area contributed by atoms with Gasteiger partial charge in [0, 0.05) is 5.02 Å². The Kier molecular flexibility index (Phi) is 7.14. The highest BCUT2D eigenvalue weighted by molar-refractivity contribution is 8.18. The first kappa shape index (κ1) is 22.0. The highest BCUT2D eigenvalue weighted by Crippen LogP contribution is 2.32. The van der Waals surface area contributed by atoms with E-state index in [1.165, 1.54) is 4.90 Å². The minimum absolute atomic E-state index is 0.171. The van der Waals surface area contributed by atoms with Gasteiger partial charge in [-0.05, 0) is 65.4 Å². The van der Waals surface area contributed by atoms with E-state index >= 15 is 0 Å². The lowest BCUT2D eigenvalue weighted by molar-refractivity contribution is -0.123. The van der Waals surface area contributed by atoms with Gasteiger partial charge in [0.2, 0.25) is 0 Å². The molecule has 1 saturated heterocycles. The van der Waals surface area contributed by atoms with Crippen molar-refractivity contribution in [1.82, 2.24) is 4.90 Å². The van der Waals surface area contributed by atoms with Gasteiger partial charge in [-0.25, -0.2) is 0 Å². The van der Waals surface area contributed by atoms with Gasteiger partial charge >= 0.3 is 0 Å². The van der Waals surface area contributed by atoms with E-state index in [1.807, 2.05) is 54.6 Å². The molecule has 0 atom stereocenters. The molecule has 1 heterocycles. The van der Waals surface area contributed by atoms with E-state index in [4.69, 9.17) is 21.1 Å². The minimum atomic E-state index is -0.324. The summed E-state index contributed by atoms with van der Waals surface area (Å²) in [5.74, 6) is 0.998. The van der Waals surface area contributed by atoms with Gasteiger partial charge in [-0.15, -0.1) is 0 Å². The number of thioether (sulfide) groups is 1. The molecule has 5 nitrogen and oxygen atoms in total. The molecule has 162 valence electrons. The number of ether oxygens (including phenoxy) is 2. The third-order valence-electron chi connectivity index (χ3n) is 4.68. The van der Waals surface area contributed by atoms with Crippen molar-refractivity contribution in [3.63, 3.8) is 0 Å². The number of benzene rings is 3.